The first-order valence-electron chi connectivity index (χ1n) is 12.6. The minimum Gasteiger partial charge on any atom is -0.504 e. The molecule has 1 unspecified atom stereocenters. The quantitative estimate of drug-likeness (QED) is 0.258. The van der Waals surface area contributed by atoms with Gasteiger partial charge in [0, 0.05) is 18.2 Å². The summed E-state index contributed by atoms with van der Waals surface area (Å²) in [7, 11) is 0. The van der Waals surface area contributed by atoms with Crippen LogP contribution in [0.15, 0.2) is 12.1 Å². The lowest BCUT2D eigenvalue weighted by Crippen LogP contribution is -2.78. The Balaban J connectivity index is 1.41. The van der Waals surface area contributed by atoms with E-state index in [4.69, 9.17) is 10.00 Å². The lowest BCUT2D eigenvalue weighted by Gasteiger charge is -2.63. The molecule has 1 spiro atoms. The van der Waals surface area contributed by atoms with E-state index >= 15 is 0 Å². The molecule has 2 saturated carbocycles. The molecule has 2 amide bonds. The van der Waals surface area contributed by atoms with Crippen LogP contribution in [0.3, 0.4) is 0 Å². The number of piperidine rings is 1. The molecule has 1 aromatic carbocycles. The minimum atomic E-state index is -1.45. The van der Waals surface area contributed by atoms with Crippen LogP contribution in [-0.2, 0) is 26.2 Å². The lowest BCUT2D eigenvalue weighted by molar-refractivity contribution is -0.198. The van der Waals surface area contributed by atoms with Crippen molar-refractivity contribution < 1.29 is 29.3 Å². The fourth-order valence-corrected chi connectivity index (χ4v) is 7.18. The minimum absolute atomic E-state index is 0.0816. The van der Waals surface area contributed by atoms with Gasteiger partial charge >= 0.3 is 0 Å². The molecule has 2 bridgehead atoms. The van der Waals surface area contributed by atoms with Crippen LogP contribution in [0, 0.1) is 23.3 Å². The summed E-state index contributed by atoms with van der Waals surface area (Å²) in [6.07, 6.45) is 3.68. The highest BCUT2D eigenvalue weighted by Gasteiger charge is 2.75. The number of nitrogens with zero attached hydrogens (tertiary/aromatic N) is 2. The average molecular weight is 495 g/mol. The van der Waals surface area contributed by atoms with Gasteiger partial charge in [0.05, 0.1) is 11.0 Å². The maximum atomic E-state index is 13.9. The monoisotopic (exact) mass is 494 g/mol. The first-order chi connectivity index (χ1) is 17.0. The van der Waals surface area contributed by atoms with E-state index in [1.165, 1.54) is 13.8 Å². The predicted molar refractivity (Wildman–Crippen MR) is 125 cm³/mol. The van der Waals surface area contributed by atoms with Crippen molar-refractivity contribution in [2.75, 3.05) is 13.1 Å². The maximum Gasteiger partial charge on any atom is 0.258 e. The molecule has 1 saturated heterocycles. The van der Waals surface area contributed by atoms with Crippen LogP contribution in [-0.4, -0.2) is 69.1 Å². The number of carbonyl (C=O) groups excluding carboxylic acids is 3. The number of nitriles is 1. The van der Waals surface area contributed by atoms with Crippen molar-refractivity contribution in [2.24, 2.45) is 11.8 Å². The highest BCUT2D eigenvalue weighted by Crippen LogP contribution is 2.65. The summed E-state index contributed by atoms with van der Waals surface area (Å²) in [6, 6.07) is 3.12. The summed E-state index contributed by atoms with van der Waals surface area (Å²) < 4.78 is 6.13. The molecular formula is C26H30N4O6. The molecule has 2 heterocycles. The van der Waals surface area contributed by atoms with Crippen LogP contribution in [0.2, 0.25) is 0 Å². The number of hydrogen-bond donors (Lipinski definition) is 4. The summed E-state index contributed by atoms with van der Waals surface area (Å²) in [6.45, 7) is 4.45. The molecule has 1 aromatic rings. The number of amides is 2. The molecule has 4 N–H and O–H groups in total. The first kappa shape index (κ1) is 23.3. The summed E-state index contributed by atoms with van der Waals surface area (Å²) in [5.74, 6) is -2.37. The smallest absolute Gasteiger partial charge is 0.258 e. The molecule has 5 atom stereocenters. The summed E-state index contributed by atoms with van der Waals surface area (Å²) >= 11 is 0. The molecule has 5 aliphatic rings. The number of hydrogen-bond acceptors (Lipinski definition) is 8. The average Bonchev–Trinajstić information content (AvgIpc) is 3.56. The van der Waals surface area contributed by atoms with Gasteiger partial charge in [-0.3, -0.25) is 24.6 Å². The fraction of sp³-hybridized carbons (Fsp3) is 0.615. The predicted octanol–water partition coefficient (Wildman–Crippen LogP) is 0.244. The number of ketones is 1. The summed E-state index contributed by atoms with van der Waals surface area (Å²) in [4.78, 5) is 41.9. The zero-order valence-electron chi connectivity index (χ0n) is 20.3. The molecule has 36 heavy (non-hydrogen) atoms. The molecule has 10 nitrogen and oxygen atoms in total. The number of ether oxygens (including phenoxy) is 1. The second kappa shape index (κ2) is 7.43. The Labute approximate surface area is 208 Å². The Morgan fingerprint density at radius 2 is 2.08 bits per heavy atom. The Morgan fingerprint density at radius 3 is 2.78 bits per heavy atom. The Hall–Kier alpha value is -3.16. The standard InChI is InChI=1S/C26H30N4O6/c1-24(2,23(34)28-12-27)29-22(33)15-10-26(35)17-9-14-5-6-16(31)20-18(14)25(26,21(36-20)19(15)32)7-8-30(17)11-13-3-4-13/h5-6,13,15,17,21,31,35H,3-4,7-11H2,1-2H3,(H,28,34)(H,29,33)/t15?,17-,21+,25+,26-/m1/s1. The van der Waals surface area contributed by atoms with Gasteiger partial charge in [0.25, 0.3) is 5.91 Å². The molecule has 6 rings (SSSR count). The molecule has 190 valence electrons. The second-order valence-corrected chi connectivity index (χ2v) is 11.6. The van der Waals surface area contributed by atoms with E-state index in [2.05, 4.69) is 10.2 Å². The molecule has 2 aliphatic heterocycles. The number of rotatable bonds is 5. The van der Waals surface area contributed by atoms with E-state index in [0.717, 1.165) is 24.9 Å². The van der Waals surface area contributed by atoms with Crippen LogP contribution < -0.4 is 15.4 Å². The Morgan fingerprint density at radius 1 is 1.33 bits per heavy atom. The second-order valence-electron chi connectivity index (χ2n) is 11.6. The van der Waals surface area contributed by atoms with Crippen molar-refractivity contribution in [2.45, 2.75) is 74.7 Å². The number of aliphatic hydroxyl groups is 1. The number of Topliss-reactive ketones (excluding diaryl/α,β-unsaturated/α-hetero) is 1. The number of carbonyl (C=O) groups is 3. The van der Waals surface area contributed by atoms with Gasteiger partial charge < -0.3 is 20.3 Å². The van der Waals surface area contributed by atoms with Crippen LogP contribution in [0.1, 0.15) is 50.7 Å². The highest BCUT2D eigenvalue weighted by molar-refractivity contribution is 6.07. The van der Waals surface area contributed by atoms with Crippen LogP contribution in [0.4, 0.5) is 0 Å². The Kier molecular flexibility index (Phi) is 4.80. The third-order valence-corrected chi connectivity index (χ3v) is 9.12. The molecule has 0 aromatic heterocycles. The van der Waals surface area contributed by atoms with E-state index in [9.17, 15) is 24.6 Å². The maximum absolute atomic E-state index is 13.9. The molecule has 3 fully saturated rings. The number of benzene rings is 1. The van der Waals surface area contributed by atoms with Gasteiger partial charge in [-0.2, -0.15) is 5.26 Å². The van der Waals surface area contributed by atoms with E-state index in [1.807, 2.05) is 11.4 Å². The molecule has 0 radical (unpaired) electrons. The first-order valence-corrected chi connectivity index (χ1v) is 12.6. The van der Waals surface area contributed by atoms with E-state index in [0.29, 0.717) is 30.9 Å². The van der Waals surface area contributed by atoms with Crippen LogP contribution in [0.25, 0.3) is 0 Å². The Bertz CT molecular complexity index is 1240. The number of phenols is 1. The van der Waals surface area contributed by atoms with Crippen LogP contribution in [0.5, 0.6) is 11.5 Å². The van der Waals surface area contributed by atoms with E-state index in [1.54, 1.807) is 12.3 Å². The van der Waals surface area contributed by atoms with Gasteiger partial charge in [0.1, 0.15) is 11.5 Å². The number of aromatic hydroxyl groups is 1. The normalized spacial score (nSPS) is 34.3. The zero-order valence-corrected chi connectivity index (χ0v) is 20.3. The largest absolute Gasteiger partial charge is 0.504 e. The number of phenolic OH excluding ortho intramolecular Hbond substituents is 1. The zero-order chi connectivity index (χ0) is 25.6. The lowest BCUT2D eigenvalue weighted by atomic mass is 9.47. The topological polar surface area (TPSA) is 152 Å². The molecule has 10 heteroatoms. The van der Waals surface area contributed by atoms with Gasteiger partial charge in [-0.25, -0.2) is 0 Å². The van der Waals surface area contributed by atoms with Crippen molar-refractivity contribution in [3.05, 3.63) is 23.3 Å². The van der Waals surface area contributed by atoms with E-state index < -0.39 is 46.2 Å². The van der Waals surface area contributed by atoms with Crippen molar-refractivity contribution in [1.82, 2.24) is 15.5 Å². The molecule has 3 aliphatic carbocycles. The fourth-order valence-electron chi connectivity index (χ4n) is 7.18. The van der Waals surface area contributed by atoms with Gasteiger partial charge in [-0.15, -0.1) is 0 Å². The van der Waals surface area contributed by atoms with Crippen molar-refractivity contribution >= 4 is 17.6 Å². The highest BCUT2D eigenvalue weighted by atomic mass is 16.5. The van der Waals surface area contributed by atoms with Crippen molar-refractivity contribution in [3.63, 3.8) is 0 Å². The van der Waals surface area contributed by atoms with Gasteiger partial charge in [0.15, 0.2) is 29.6 Å². The van der Waals surface area contributed by atoms with Crippen molar-refractivity contribution in [1.29, 1.82) is 5.26 Å². The molecular weight excluding hydrogens is 464 g/mol. The van der Waals surface area contributed by atoms with Crippen LogP contribution >= 0.6 is 0 Å². The van der Waals surface area contributed by atoms with Crippen molar-refractivity contribution in [3.8, 4) is 17.7 Å². The van der Waals surface area contributed by atoms with Gasteiger partial charge in [0.2, 0.25) is 5.91 Å². The summed E-state index contributed by atoms with van der Waals surface area (Å²) in [5.41, 5.74) is -2.26. The third-order valence-electron chi connectivity index (χ3n) is 9.12. The number of nitrogens with one attached hydrogen (secondary N) is 2. The summed E-state index contributed by atoms with van der Waals surface area (Å²) in [5, 5.41) is 36.6. The van der Waals surface area contributed by atoms with E-state index in [-0.39, 0.29) is 24.0 Å². The van der Waals surface area contributed by atoms with Gasteiger partial charge in [-0.1, -0.05) is 6.07 Å². The van der Waals surface area contributed by atoms with Gasteiger partial charge in [-0.05, 0) is 70.0 Å². The number of likely N-dealkylation sites (tertiary alicyclic amines) is 1. The SMILES string of the molecule is CC(C)(NC(=O)C1C[C@@]2(O)[C@H]3Cc4ccc(O)c5c4[C@@]2(CCN3CC2CC2)[C@@H](O5)C1=O)C(=O)NC#N. The third kappa shape index (κ3) is 2.93.